The minimum atomic E-state index is -0.0928. The average Bonchev–Trinajstić information content (AvgIpc) is 2.60. The van der Waals surface area contributed by atoms with Crippen LogP contribution in [-0.2, 0) is 11.2 Å². The monoisotopic (exact) mass is 397 g/mol. The number of allylic oxidation sites excluding steroid dienone is 3. The van der Waals surface area contributed by atoms with Gasteiger partial charge in [-0.1, -0.05) is 84.4 Å². The van der Waals surface area contributed by atoms with Crippen LogP contribution in [0.4, 0.5) is 0 Å². The lowest BCUT2D eigenvalue weighted by atomic mass is 9.94. The fraction of sp³-hybridized carbons (Fsp3) is 0.227. The van der Waals surface area contributed by atoms with E-state index in [2.05, 4.69) is 58.2 Å². The molecule has 0 aromatic heterocycles. The first-order chi connectivity index (χ1) is 11.9. The van der Waals surface area contributed by atoms with Crippen molar-refractivity contribution in [2.45, 2.75) is 20.3 Å². The van der Waals surface area contributed by atoms with E-state index in [0.717, 1.165) is 10.9 Å². The second-order valence-electron chi connectivity index (χ2n) is 6.70. The lowest BCUT2D eigenvalue weighted by molar-refractivity contribution is -0.116. The molecule has 0 bridgehead atoms. The normalized spacial score (nSPS) is 12.1. The van der Waals surface area contributed by atoms with Gasteiger partial charge in [-0.25, -0.2) is 0 Å². The van der Waals surface area contributed by atoms with Crippen molar-refractivity contribution in [3.8, 4) is 0 Å². The predicted octanol–water partition coefficient (Wildman–Crippen LogP) is 5.59. The van der Waals surface area contributed by atoms with Crippen molar-refractivity contribution in [3.63, 3.8) is 0 Å². The van der Waals surface area contributed by atoms with Crippen LogP contribution in [0.5, 0.6) is 0 Å². The van der Waals surface area contributed by atoms with Crippen LogP contribution in [0.25, 0.3) is 10.8 Å². The zero-order valence-electron chi connectivity index (χ0n) is 14.8. The van der Waals surface area contributed by atoms with Gasteiger partial charge in [-0.3, -0.25) is 4.79 Å². The van der Waals surface area contributed by atoms with E-state index in [4.69, 9.17) is 0 Å². The molecule has 0 spiro atoms. The highest BCUT2D eigenvalue weighted by molar-refractivity contribution is 9.10. The van der Waals surface area contributed by atoms with Gasteiger partial charge in [0.1, 0.15) is 0 Å². The number of carbonyl (C=O) groups excluding carboxylic acids is 1. The van der Waals surface area contributed by atoms with Crippen LogP contribution in [0.15, 0.2) is 77.8 Å². The summed E-state index contributed by atoms with van der Waals surface area (Å²) in [6.45, 7) is 8.41. The molecule has 2 aromatic carbocycles. The van der Waals surface area contributed by atoms with Gasteiger partial charge in [-0.05, 0) is 34.2 Å². The van der Waals surface area contributed by atoms with Crippen LogP contribution in [0.2, 0.25) is 0 Å². The third-order valence-corrected chi connectivity index (χ3v) is 4.70. The van der Waals surface area contributed by atoms with Crippen LogP contribution in [0.1, 0.15) is 19.4 Å². The van der Waals surface area contributed by atoms with Gasteiger partial charge >= 0.3 is 0 Å². The fourth-order valence-corrected chi connectivity index (χ4v) is 2.81. The van der Waals surface area contributed by atoms with Gasteiger partial charge in [0, 0.05) is 17.1 Å². The molecule has 0 saturated carbocycles. The third kappa shape index (κ3) is 6.02. The molecule has 2 aromatic rings. The van der Waals surface area contributed by atoms with E-state index >= 15 is 0 Å². The molecule has 3 heteroatoms. The Balaban J connectivity index is 1.86. The summed E-state index contributed by atoms with van der Waals surface area (Å²) in [5, 5.41) is 5.31. The van der Waals surface area contributed by atoms with Gasteiger partial charge in [-0.15, -0.1) is 6.58 Å². The number of rotatable bonds is 7. The molecule has 0 aliphatic rings. The Labute approximate surface area is 158 Å². The van der Waals surface area contributed by atoms with Crippen LogP contribution in [-0.4, -0.2) is 12.5 Å². The summed E-state index contributed by atoms with van der Waals surface area (Å²) >= 11 is 3.57. The Kier molecular flexibility index (Phi) is 6.77. The summed E-state index contributed by atoms with van der Waals surface area (Å²) in [5.41, 5.74) is 1.15. The largest absolute Gasteiger partial charge is 0.352 e. The highest BCUT2D eigenvalue weighted by atomic mass is 79.9. The molecule has 0 unspecified atom stereocenters. The summed E-state index contributed by atoms with van der Waals surface area (Å²) in [4.78, 5) is 11.7. The van der Waals surface area contributed by atoms with Crippen molar-refractivity contribution < 1.29 is 4.79 Å². The number of nitrogens with one attached hydrogen (secondary N) is 1. The van der Waals surface area contributed by atoms with Crippen LogP contribution in [0, 0.1) is 5.41 Å². The summed E-state index contributed by atoms with van der Waals surface area (Å²) in [6, 6.07) is 12.7. The number of hydrogen-bond acceptors (Lipinski definition) is 1. The number of hydrogen-bond donors (Lipinski definition) is 1. The molecule has 130 valence electrons. The molecule has 0 saturated heterocycles. The van der Waals surface area contributed by atoms with Gasteiger partial charge in [0.2, 0.25) is 5.91 Å². The second-order valence-corrected chi connectivity index (χ2v) is 7.55. The molecule has 0 fully saturated rings. The maximum atomic E-state index is 11.7. The van der Waals surface area contributed by atoms with E-state index in [1.165, 1.54) is 16.3 Å². The fourth-order valence-electron chi connectivity index (χ4n) is 2.29. The molecule has 2 rings (SSSR count). The topological polar surface area (TPSA) is 29.1 Å². The molecule has 1 N–H and O–H groups in total. The molecule has 0 aliphatic carbocycles. The van der Waals surface area contributed by atoms with Gasteiger partial charge in [0.25, 0.3) is 0 Å². The van der Waals surface area contributed by atoms with E-state index in [9.17, 15) is 4.79 Å². The zero-order valence-corrected chi connectivity index (χ0v) is 16.3. The van der Waals surface area contributed by atoms with Crippen LogP contribution in [0.3, 0.4) is 0 Å². The first-order valence-electron chi connectivity index (χ1n) is 8.33. The Bertz CT molecular complexity index is 818. The van der Waals surface area contributed by atoms with Crippen molar-refractivity contribution in [2.75, 3.05) is 6.54 Å². The summed E-state index contributed by atoms with van der Waals surface area (Å²) in [7, 11) is 0. The number of benzene rings is 2. The Morgan fingerprint density at radius 1 is 1.24 bits per heavy atom. The van der Waals surface area contributed by atoms with Gasteiger partial charge < -0.3 is 5.32 Å². The van der Waals surface area contributed by atoms with Crippen molar-refractivity contribution in [1.29, 1.82) is 0 Å². The number of amides is 1. The third-order valence-electron chi connectivity index (χ3n) is 4.01. The Morgan fingerprint density at radius 3 is 2.80 bits per heavy atom. The molecule has 0 aliphatic heterocycles. The molecular formula is C22H24BrNO. The van der Waals surface area contributed by atoms with Crippen molar-refractivity contribution in [1.82, 2.24) is 5.32 Å². The highest BCUT2D eigenvalue weighted by Crippen LogP contribution is 2.24. The molecule has 0 atom stereocenters. The van der Waals surface area contributed by atoms with Crippen molar-refractivity contribution >= 4 is 32.6 Å². The second kappa shape index (κ2) is 8.82. The molecule has 25 heavy (non-hydrogen) atoms. The Hall–Kier alpha value is -2.13. The van der Waals surface area contributed by atoms with E-state index in [-0.39, 0.29) is 11.3 Å². The Morgan fingerprint density at radius 2 is 2.04 bits per heavy atom. The average molecular weight is 398 g/mol. The first kappa shape index (κ1) is 19.2. The van der Waals surface area contributed by atoms with Crippen molar-refractivity contribution in [2.24, 2.45) is 5.41 Å². The van der Waals surface area contributed by atoms with E-state index in [0.29, 0.717) is 6.54 Å². The number of halogens is 1. The van der Waals surface area contributed by atoms with Gasteiger partial charge in [0.05, 0.1) is 0 Å². The standard InChI is InChI=1S/C22H24BrNO/c1-4-22(2,3)16-24-21(25)12-7-5-6-9-17-13-14-19-18(15-17)10-8-11-20(19)23/h4-8,10-15H,1,9,16H2,2-3H3,(H,24,25)/b6-5+,12-7+. The maximum Gasteiger partial charge on any atom is 0.244 e. The lowest BCUT2D eigenvalue weighted by Crippen LogP contribution is -2.31. The van der Waals surface area contributed by atoms with E-state index in [1.54, 1.807) is 12.2 Å². The van der Waals surface area contributed by atoms with Crippen LogP contribution >= 0.6 is 15.9 Å². The molecular weight excluding hydrogens is 374 g/mol. The molecule has 1 amide bonds. The molecule has 0 heterocycles. The highest BCUT2D eigenvalue weighted by Gasteiger charge is 2.12. The summed E-state index contributed by atoms with van der Waals surface area (Å²) in [6.07, 6.45) is 9.96. The number of carbonyl (C=O) groups is 1. The van der Waals surface area contributed by atoms with E-state index < -0.39 is 0 Å². The van der Waals surface area contributed by atoms with Crippen LogP contribution < -0.4 is 5.32 Å². The van der Waals surface area contributed by atoms with E-state index in [1.807, 2.05) is 38.1 Å². The molecule has 0 radical (unpaired) electrons. The molecule has 2 nitrogen and oxygen atoms in total. The summed E-state index contributed by atoms with van der Waals surface area (Å²) < 4.78 is 1.11. The lowest BCUT2D eigenvalue weighted by Gasteiger charge is -2.19. The minimum absolute atomic E-state index is 0.0878. The SMILES string of the molecule is C=CC(C)(C)CNC(=O)/C=C/C=C/Cc1ccc2c(Br)cccc2c1. The van der Waals surface area contributed by atoms with Gasteiger partial charge in [-0.2, -0.15) is 0 Å². The first-order valence-corrected chi connectivity index (χ1v) is 9.12. The van der Waals surface area contributed by atoms with Gasteiger partial charge in [0.15, 0.2) is 0 Å². The predicted molar refractivity (Wildman–Crippen MR) is 111 cm³/mol. The maximum absolute atomic E-state index is 11.7. The quantitative estimate of drug-likeness (QED) is 0.368. The zero-order chi connectivity index (χ0) is 18.3. The smallest absolute Gasteiger partial charge is 0.244 e. The van der Waals surface area contributed by atoms with Crippen molar-refractivity contribution in [3.05, 3.63) is 83.4 Å². The number of fused-ring (bicyclic) bond motifs is 1. The summed E-state index contributed by atoms with van der Waals surface area (Å²) in [5.74, 6) is -0.0878. The minimum Gasteiger partial charge on any atom is -0.352 e.